The molecule has 1 heterocycles. The van der Waals surface area contributed by atoms with Crippen molar-refractivity contribution in [1.29, 1.82) is 0 Å². The molecular formula is C15H19FN2O3. The summed E-state index contributed by atoms with van der Waals surface area (Å²) in [5, 5.41) is 12.6. The van der Waals surface area contributed by atoms with Crippen LogP contribution >= 0.6 is 0 Å². The molecule has 0 aliphatic rings. The van der Waals surface area contributed by atoms with Crippen LogP contribution < -0.4 is 5.32 Å². The molecule has 0 aliphatic heterocycles. The van der Waals surface area contributed by atoms with E-state index < -0.39 is 5.54 Å². The Hall–Kier alpha value is -1.92. The monoisotopic (exact) mass is 294 g/mol. The number of nitrogens with one attached hydrogen (secondary N) is 2. The fourth-order valence-corrected chi connectivity index (χ4v) is 2.36. The lowest BCUT2D eigenvalue weighted by molar-refractivity contribution is 0.0727. The van der Waals surface area contributed by atoms with Gasteiger partial charge in [0.1, 0.15) is 5.82 Å². The van der Waals surface area contributed by atoms with E-state index in [2.05, 4.69) is 10.3 Å². The highest BCUT2D eigenvalue weighted by atomic mass is 19.1. The van der Waals surface area contributed by atoms with Crippen LogP contribution in [0.25, 0.3) is 10.9 Å². The Bertz CT molecular complexity index is 633. The summed E-state index contributed by atoms with van der Waals surface area (Å²) in [6.07, 6.45) is 1.93. The zero-order valence-electron chi connectivity index (χ0n) is 12.1. The van der Waals surface area contributed by atoms with Crippen LogP contribution in [-0.4, -0.2) is 41.9 Å². The molecule has 114 valence electrons. The Morgan fingerprint density at radius 1 is 1.52 bits per heavy atom. The number of amides is 1. The van der Waals surface area contributed by atoms with Gasteiger partial charge in [-0.1, -0.05) is 0 Å². The van der Waals surface area contributed by atoms with Gasteiger partial charge in [0.2, 0.25) is 0 Å². The van der Waals surface area contributed by atoms with Crippen LogP contribution in [0.3, 0.4) is 0 Å². The Balaban J connectivity index is 2.25. The lowest BCUT2D eigenvalue weighted by Crippen LogP contribution is -2.50. The van der Waals surface area contributed by atoms with Crippen molar-refractivity contribution in [3.63, 3.8) is 0 Å². The molecule has 3 N–H and O–H groups in total. The van der Waals surface area contributed by atoms with Crippen LogP contribution in [0.15, 0.2) is 24.4 Å². The molecule has 0 saturated heterocycles. The van der Waals surface area contributed by atoms with Gasteiger partial charge in [0.25, 0.3) is 5.91 Å². The third kappa shape index (κ3) is 3.40. The summed E-state index contributed by atoms with van der Waals surface area (Å²) in [7, 11) is 1.54. The van der Waals surface area contributed by atoms with Gasteiger partial charge in [0.15, 0.2) is 0 Å². The molecule has 5 nitrogen and oxygen atoms in total. The van der Waals surface area contributed by atoms with Crippen LogP contribution in [0, 0.1) is 5.82 Å². The lowest BCUT2D eigenvalue weighted by Gasteiger charge is -2.29. The van der Waals surface area contributed by atoms with E-state index in [0.29, 0.717) is 22.9 Å². The SMILES string of the molecule is COCC(C)(CCO)NC(=O)c1c[nH]c2cc(F)ccc12. The summed E-state index contributed by atoms with van der Waals surface area (Å²) in [5.74, 6) is -0.651. The average molecular weight is 294 g/mol. The minimum Gasteiger partial charge on any atom is -0.396 e. The second-order valence-electron chi connectivity index (χ2n) is 5.31. The van der Waals surface area contributed by atoms with Gasteiger partial charge in [0, 0.05) is 30.8 Å². The maximum Gasteiger partial charge on any atom is 0.253 e. The number of aromatic nitrogens is 1. The van der Waals surface area contributed by atoms with Gasteiger partial charge in [-0.05, 0) is 31.5 Å². The Morgan fingerprint density at radius 2 is 2.29 bits per heavy atom. The van der Waals surface area contributed by atoms with Gasteiger partial charge >= 0.3 is 0 Å². The first kappa shape index (κ1) is 15.5. The van der Waals surface area contributed by atoms with Gasteiger partial charge in [-0.3, -0.25) is 4.79 Å². The van der Waals surface area contributed by atoms with Gasteiger partial charge in [0.05, 0.1) is 17.7 Å². The molecule has 1 unspecified atom stereocenters. The number of hydrogen-bond donors (Lipinski definition) is 3. The highest BCUT2D eigenvalue weighted by molar-refractivity contribution is 6.06. The number of aliphatic hydroxyl groups excluding tert-OH is 1. The molecule has 0 fully saturated rings. The minimum absolute atomic E-state index is 0.0563. The molecular weight excluding hydrogens is 275 g/mol. The summed E-state index contributed by atoms with van der Waals surface area (Å²) in [4.78, 5) is 15.3. The third-order valence-corrected chi connectivity index (χ3v) is 3.43. The molecule has 0 spiro atoms. The van der Waals surface area contributed by atoms with E-state index in [9.17, 15) is 9.18 Å². The first-order valence-electron chi connectivity index (χ1n) is 6.68. The third-order valence-electron chi connectivity index (χ3n) is 3.43. The maximum absolute atomic E-state index is 13.2. The highest BCUT2D eigenvalue weighted by Crippen LogP contribution is 2.20. The smallest absolute Gasteiger partial charge is 0.253 e. The van der Waals surface area contributed by atoms with Gasteiger partial charge < -0.3 is 20.1 Å². The molecule has 6 heteroatoms. The molecule has 2 rings (SSSR count). The van der Waals surface area contributed by atoms with Crippen LogP contribution in [-0.2, 0) is 4.74 Å². The van der Waals surface area contributed by atoms with Crippen LogP contribution in [0.5, 0.6) is 0 Å². The second-order valence-corrected chi connectivity index (χ2v) is 5.31. The number of carbonyl (C=O) groups excluding carboxylic acids is 1. The maximum atomic E-state index is 13.2. The van der Waals surface area contributed by atoms with Crippen molar-refractivity contribution in [2.45, 2.75) is 18.9 Å². The molecule has 21 heavy (non-hydrogen) atoms. The summed E-state index contributed by atoms with van der Waals surface area (Å²) >= 11 is 0. The summed E-state index contributed by atoms with van der Waals surface area (Å²) in [6.45, 7) is 2.04. The van der Waals surface area contributed by atoms with Gasteiger partial charge in [-0.15, -0.1) is 0 Å². The topological polar surface area (TPSA) is 74.3 Å². The van der Waals surface area contributed by atoms with Crippen molar-refractivity contribution < 1.29 is 19.0 Å². The number of rotatable bonds is 6. The number of H-pyrrole nitrogens is 1. The van der Waals surface area contributed by atoms with Crippen LogP contribution in [0.2, 0.25) is 0 Å². The molecule has 0 bridgehead atoms. The number of methoxy groups -OCH3 is 1. The first-order chi connectivity index (χ1) is 9.99. The van der Waals surface area contributed by atoms with Gasteiger partial charge in [-0.25, -0.2) is 4.39 Å². The molecule has 0 radical (unpaired) electrons. The molecule has 1 amide bonds. The van der Waals surface area contributed by atoms with E-state index in [1.165, 1.54) is 19.2 Å². The number of benzene rings is 1. The molecule has 1 aromatic heterocycles. The predicted octanol–water partition coefficient (Wildman–Crippen LogP) is 1.82. The first-order valence-corrected chi connectivity index (χ1v) is 6.68. The molecule has 2 aromatic rings. The van der Waals surface area contributed by atoms with E-state index in [-0.39, 0.29) is 24.9 Å². The quantitative estimate of drug-likeness (QED) is 0.761. The predicted molar refractivity (Wildman–Crippen MR) is 77.7 cm³/mol. The number of fused-ring (bicyclic) bond motifs is 1. The lowest BCUT2D eigenvalue weighted by atomic mass is 9.98. The molecule has 1 aromatic carbocycles. The standard InChI is InChI=1S/C15H19FN2O3/c1-15(5-6-19,9-21-2)18-14(20)12-8-17-13-7-10(16)3-4-11(12)13/h3-4,7-8,17,19H,5-6,9H2,1-2H3,(H,18,20). The van der Waals surface area contributed by atoms with Crippen molar-refractivity contribution in [3.05, 3.63) is 35.8 Å². The van der Waals surface area contributed by atoms with Crippen molar-refractivity contribution >= 4 is 16.8 Å². The van der Waals surface area contributed by atoms with Crippen molar-refractivity contribution in [2.24, 2.45) is 0 Å². The van der Waals surface area contributed by atoms with Crippen molar-refractivity contribution in [2.75, 3.05) is 20.3 Å². The van der Waals surface area contributed by atoms with Crippen molar-refractivity contribution in [3.8, 4) is 0 Å². The number of aliphatic hydroxyl groups is 1. The summed E-state index contributed by atoms with van der Waals surface area (Å²) < 4.78 is 18.3. The zero-order chi connectivity index (χ0) is 15.5. The Morgan fingerprint density at radius 3 is 2.95 bits per heavy atom. The zero-order valence-corrected chi connectivity index (χ0v) is 12.1. The number of ether oxygens (including phenoxy) is 1. The van der Waals surface area contributed by atoms with E-state index >= 15 is 0 Å². The summed E-state index contributed by atoms with van der Waals surface area (Å²) in [6, 6.07) is 4.22. The number of carbonyl (C=O) groups is 1. The number of hydrogen-bond acceptors (Lipinski definition) is 3. The van der Waals surface area contributed by atoms with Crippen molar-refractivity contribution in [1.82, 2.24) is 10.3 Å². The van der Waals surface area contributed by atoms with Crippen LogP contribution in [0.4, 0.5) is 4.39 Å². The Kier molecular flexibility index (Phi) is 4.59. The molecule has 1 atom stereocenters. The Labute approximate surface area is 122 Å². The number of halogens is 1. The summed E-state index contributed by atoms with van der Waals surface area (Å²) in [5.41, 5.74) is 0.338. The van der Waals surface area contributed by atoms with Crippen LogP contribution in [0.1, 0.15) is 23.7 Å². The average Bonchev–Trinajstić information content (AvgIpc) is 2.81. The molecule has 0 saturated carbocycles. The van der Waals surface area contributed by atoms with Gasteiger partial charge in [-0.2, -0.15) is 0 Å². The fourth-order valence-electron chi connectivity index (χ4n) is 2.36. The van der Waals surface area contributed by atoms with E-state index in [1.54, 1.807) is 19.2 Å². The van der Waals surface area contributed by atoms with E-state index in [4.69, 9.17) is 9.84 Å². The van der Waals surface area contributed by atoms with E-state index in [1.807, 2.05) is 0 Å². The largest absolute Gasteiger partial charge is 0.396 e. The number of aromatic amines is 1. The highest BCUT2D eigenvalue weighted by Gasteiger charge is 2.27. The fraction of sp³-hybridized carbons (Fsp3) is 0.400. The second kappa shape index (κ2) is 6.24. The molecule has 0 aliphatic carbocycles. The minimum atomic E-state index is -0.662. The van der Waals surface area contributed by atoms with E-state index in [0.717, 1.165) is 0 Å². The normalized spacial score (nSPS) is 14.1.